The van der Waals surface area contributed by atoms with Gasteiger partial charge >= 0.3 is 5.97 Å². The van der Waals surface area contributed by atoms with Crippen molar-refractivity contribution in [2.24, 2.45) is 0 Å². The van der Waals surface area contributed by atoms with Crippen LogP contribution >= 0.6 is 34.5 Å². The van der Waals surface area contributed by atoms with Gasteiger partial charge in [0.25, 0.3) is 5.91 Å². The molecule has 0 aliphatic carbocycles. The molecule has 1 unspecified atom stereocenters. The van der Waals surface area contributed by atoms with E-state index in [1.807, 2.05) is 35.7 Å². The maximum atomic E-state index is 12.7. The Morgan fingerprint density at radius 2 is 1.87 bits per heavy atom. The number of carbonyl (C=O) groups is 2. The molecule has 3 aromatic rings. The molecule has 1 N–H and O–H groups in total. The van der Waals surface area contributed by atoms with Crippen LogP contribution in [0.5, 0.6) is 5.75 Å². The van der Waals surface area contributed by atoms with Crippen molar-refractivity contribution in [2.45, 2.75) is 20.0 Å². The van der Waals surface area contributed by atoms with Gasteiger partial charge < -0.3 is 14.8 Å². The van der Waals surface area contributed by atoms with E-state index in [1.165, 1.54) is 17.4 Å². The van der Waals surface area contributed by atoms with E-state index in [0.717, 1.165) is 5.56 Å². The Kier molecular flexibility index (Phi) is 7.37. The van der Waals surface area contributed by atoms with Crippen LogP contribution in [0.4, 0.5) is 5.00 Å². The molecule has 0 saturated carbocycles. The molecule has 0 radical (unpaired) electrons. The van der Waals surface area contributed by atoms with Gasteiger partial charge in [-0.3, -0.25) is 4.79 Å². The Morgan fingerprint density at radius 1 is 1.13 bits per heavy atom. The molecule has 1 aromatic heterocycles. The third-order valence-corrected chi connectivity index (χ3v) is 5.58. The van der Waals surface area contributed by atoms with E-state index in [-0.39, 0.29) is 6.61 Å². The summed E-state index contributed by atoms with van der Waals surface area (Å²) < 4.78 is 10.9. The minimum Gasteiger partial charge on any atom is -0.479 e. The largest absolute Gasteiger partial charge is 0.479 e. The standard InChI is InChI=1S/C22H19Cl2NO4S/c1-3-28-22(27)19-16(14-7-5-4-6-8-14)12-30-21(19)25-20(26)13(2)29-18-10-9-15(23)11-17(18)24/h4-13H,3H2,1-2H3,(H,25,26). The van der Waals surface area contributed by atoms with Crippen molar-refractivity contribution in [1.29, 1.82) is 0 Å². The lowest BCUT2D eigenvalue weighted by molar-refractivity contribution is -0.122. The minimum absolute atomic E-state index is 0.227. The van der Waals surface area contributed by atoms with E-state index in [4.69, 9.17) is 32.7 Å². The minimum atomic E-state index is -0.860. The first-order chi connectivity index (χ1) is 14.4. The molecule has 0 fully saturated rings. The molecule has 30 heavy (non-hydrogen) atoms. The fourth-order valence-electron chi connectivity index (χ4n) is 2.71. The number of nitrogens with one attached hydrogen (secondary N) is 1. The lowest BCUT2D eigenvalue weighted by atomic mass is 10.0. The maximum absolute atomic E-state index is 12.7. The second kappa shape index (κ2) is 9.98. The number of carbonyl (C=O) groups excluding carboxylic acids is 2. The quantitative estimate of drug-likeness (QED) is 0.417. The lowest BCUT2D eigenvalue weighted by Crippen LogP contribution is -2.30. The zero-order chi connectivity index (χ0) is 21.7. The zero-order valence-electron chi connectivity index (χ0n) is 16.3. The monoisotopic (exact) mass is 463 g/mol. The highest BCUT2D eigenvalue weighted by Crippen LogP contribution is 2.36. The van der Waals surface area contributed by atoms with Crippen LogP contribution in [0.25, 0.3) is 11.1 Å². The molecule has 1 atom stereocenters. The first-order valence-electron chi connectivity index (χ1n) is 9.17. The van der Waals surface area contributed by atoms with Crippen molar-refractivity contribution in [2.75, 3.05) is 11.9 Å². The van der Waals surface area contributed by atoms with Gasteiger partial charge in [0, 0.05) is 16.0 Å². The van der Waals surface area contributed by atoms with Crippen molar-refractivity contribution in [3.63, 3.8) is 0 Å². The summed E-state index contributed by atoms with van der Waals surface area (Å²) in [5.41, 5.74) is 1.87. The van der Waals surface area contributed by atoms with Gasteiger partial charge in [-0.15, -0.1) is 11.3 Å². The van der Waals surface area contributed by atoms with Crippen LogP contribution in [0.1, 0.15) is 24.2 Å². The number of ether oxygens (including phenoxy) is 2. The Bertz CT molecular complexity index is 1050. The fourth-order valence-corrected chi connectivity index (χ4v) is 4.13. The van der Waals surface area contributed by atoms with E-state index in [1.54, 1.807) is 26.0 Å². The smallest absolute Gasteiger partial charge is 0.341 e. The van der Waals surface area contributed by atoms with Crippen molar-refractivity contribution in [3.05, 3.63) is 69.5 Å². The molecule has 156 valence electrons. The van der Waals surface area contributed by atoms with E-state index in [2.05, 4.69) is 5.32 Å². The van der Waals surface area contributed by atoms with Crippen LogP contribution in [0.15, 0.2) is 53.9 Å². The van der Waals surface area contributed by atoms with Crippen molar-refractivity contribution >= 4 is 51.4 Å². The summed E-state index contributed by atoms with van der Waals surface area (Å²) in [6.45, 7) is 3.55. The normalized spacial score (nSPS) is 11.6. The predicted octanol–water partition coefficient (Wildman–Crippen LogP) is 6.30. The third-order valence-electron chi connectivity index (χ3n) is 4.16. The summed E-state index contributed by atoms with van der Waals surface area (Å²) in [6, 6.07) is 14.2. The Balaban J connectivity index is 1.83. The second-order valence-corrected chi connectivity index (χ2v) is 7.99. The molecule has 8 heteroatoms. The molecule has 5 nitrogen and oxygen atoms in total. The number of thiophene rings is 1. The van der Waals surface area contributed by atoms with Gasteiger partial charge in [-0.05, 0) is 37.6 Å². The molecule has 0 spiro atoms. The van der Waals surface area contributed by atoms with Crippen LogP contribution in [-0.4, -0.2) is 24.6 Å². The Labute approximate surface area is 188 Å². The number of amides is 1. The van der Waals surface area contributed by atoms with Crippen LogP contribution in [0.3, 0.4) is 0 Å². The molecule has 1 heterocycles. The maximum Gasteiger partial charge on any atom is 0.341 e. The first-order valence-corrected chi connectivity index (χ1v) is 10.8. The van der Waals surface area contributed by atoms with Gasteiger partial charge in [0.2, 0.25) is 0 Å². The third kappa shape index (κ3) is 5.14. The summed E-state index contributed by atoms with van der Waals surface area (Å²) in [7, 11) is 0. The Hall–Kier alpha value is -2.54. The Morgan fingerprint density at radius 3 is 2.53 bits per heavy atom. The van der Waals surface area contributed by atoms with Crippen molar-refractivity contribution in [1.82, 2.24) is 0 Å². The highest BCUT2D eigenvalue weighted by atomic mass is 35.5. The number of anilines is 1. The fraction of sp³-hybridized carbons (Fsp3) is 0.182. The lowest BCUT2D eigenvalue weighted by Gasteiger charge is -2.16. The van der Waals surface area contributed by atoms with Gasteiger partial charge in [-0.25, -0.2) is 4.79 Å². The zero-order valence-corrected chi connectivity index (χ0v) is 18.6. The molecule has 2 aromatic carbocycles. The van der Waals surface area contributed by atoms with Crippen LogP contribution in [-0.2, 0) is 9.53 Å². The predicted molar refractivity (Wildman–Crippen MR) is 121 cm³/mol. The van der Waals surface area contributed by atoms with E-state index in [9.17, 15) is 9.59 Å². The summed E-state index contributed by atoms with van der Waals surface area (Å²) in [4.78, 5) is 25.3. The SMILES string of the molecule is CCOC(=O)c1c(-c2ccccc2)csc1NC(=O)C(C)Oc1ccc(Cl)cc1Cl. The van der Waals surface area contributed by atoms with E-state index >= 15 is 0 Å². The number of halogens is 2. The molecule has 0 bridgehead atoms. The van der Waals surface area contributed by atoms with Crippen LogP contribution < -0.4 is 10.1 Å². The van der Waals surface area contributed by atoms with E-state index < -0.39 is 18.0 Å². The van der Waals surface area contributed by atoms with Gasteiger partial charge in [-0.1, -0.05) is 53.5 Å². The van der Waals surface area contributed by atoms with Gasteiger partial charge in [0.15, 0.2) is 6.10 Å². The summed E-state index contributed by atoms with van der Waals surface area (Å²) in [5.74, 6) is -0.583. The average Bonchev–Trinajstić information content (AvgIpc) is 3.14. The van der Waals surface area contributed by atoms with Gasteiger partial charge in [-0.2, -0.15) is 0 Å². The van der Waals surface area contributed by atoms with Gasteiger partial charge in [0.05, 0.1) is 11.6 Å². The van der Waals surface area contributed by atoms with Crippen molar-refractivity contribution in [3.8, 4) is 16.9 Å². The van der Waals surface area contributed by atoms with E-state index in [0.29, 0.717) is 31.9 Å². The molecule has 0 aliphatic heterocycles. The topological polar surface area (TPSA) is 64.6 Å². The second-order valence-electron chi connectivity index (χ2n) is 6.26. The van der Waals surface area contributed by atoms with Crippen molar-refractivity contribution < 1.29 is 19.1 Å². The molecule has 0 aliphatic rings. The summed E-state index contributed by atoms with van der Waals surface area (Å²) in [6.07, 6.45) is -0.860. The molecule has 0 saturated heterocycles. The molecule has 3 rings (SSSR count). The number of esters is 1. The number of rotatable bonds is 7. The molecular formula is C22H19Cl2NO4S. The highest BCUT2D eigenvalue weighted by molar-refractivity contribution is 7.15. The number of hydrogen-bond donors (Lipinski definition) is 1. The summed E-state index contributed by atoms with van der Waals surface area (Å²) in [5, 5.41) is 5.76. The summed E-state index contributed by atoms with van der Waals surface area (Å²) >= 11 is 13.2. The highest BCUT2D eigenvalue weighted by Gasteiger charge is 2.25. The first kappa shape index (κ1) is 22.2. The van der Waals surface area contributed by atoms with Crippen LogP contribution in [0.2, 0.25) is 10.0 Å². The average molecular weight is 464 g/mol. The number of benzene rings is 2. The molecule has 1 amide bonds. The number of hydrogen-bond acceptors (Lipinski definition) is 5. The van der Waals surface area contributed by atoms with Crippen LogP contribution in [0, 0.1) is 0 Å². The molecular weight excluding hydrogens is 445 g/mol. The van der Waals surface area contributed by atoms with Gasteiger partial charge in [0.1, 0.15) is 16.3 Å².